The maximum absolute atomic E-state index is 5.52. The van der Waals surface area contributed by atoms with Crippen molar-refractivity contribution in [2.24, 2.45) is 0 Å². The van der Waals surface area contributed by atoms with Crippen LogP contribution in [0.3, 0.4) is 0 Å². The fourth-order valence-corrected chi connectivity index (χ4v) is 0.493. The predicted molar refractivity (Wildman–Crippen MR) is 30.3 cm³/mol. The van der Waals surface area contributed by atoms with Crippen LogP contribution in [-0.4, -0.2) is 0 Å². The Hall–Kier alpha value is 0.0295. The molecule has 1 aromatic carbocycles. The molecule has 1 aromatic rings. The van der Waals surface area contributed by atoms with Crippen LogP contribution in [0.25, 0.3) is 0 Å². The van der Waals surface area contributed by atoms with E-state index in [0.29, 0.717) is 0 Å². The molecule has 1 rings (SSSR count). The zero-order valence-corrected chi connectivity index (χ0v) is 5.69. The van der Waals surface area contributed by atoms with Crippen molar-refractivity contribution in [1.82, 2.24) is 0 Å². The normalized spacial score (nSPS) is 7.62. The van der Waals surface area contributed by atoms with Gasteiger partial charge in [0.1, 0.15) is 0 Å². The Balaban J connectivity index is 0.000000490. The van der Waals surface area contributed by atoms with Gasteiger partial charge in [-0.25, -0.2) is 0 Å². The first-order chi connectivity index (χ1) is 3.39. The minimum absolute atomic E-state index is 0. The number of rotatable bonds is 0. The van der Waals surface area contributed by atoms with Gasteiger partial charge >= 0.3 is 17.1 Å². The van der Waals surface area contributed by atoms with Crippen molar-refractivity contribution in [2.75, 3.05) is 0 Å². The standard InChI is InChI=1S/C6H4Cl.Cu/c7-6-4-2-1-3-5-6;/h2-5H;/q-1;+1. The van der Waals surface area contributed by atoms with Crippen molar-refractivity contribution < 1.29 is 17.1 Å². The molecular formula is C6H4ClCu. The number of hydrogen-bond donors (Lipinski definition) is 0. The van der Waals surface area contributed by atoms with Gasteiger partial charge in [-0.1, -0.05) is 5.02 Å². The van der Waals surface area contributed by atoms with Gasteiger partial charge in [-0.3, -0.25) is 0 Å². The van der Waals surface area contributed by atoms with E-state index in [1.807, 2.05) is 0 Å². The van der Waals surface area contributed by atoms with Crippen LogP contribution in [0.2, 0.25) is 5.02 Å². The van der Waals surface area contributed by atoms with Gasteiger partial charge in [-0.2, -0.15) is 30.3 Å². The van der Waals surface area contributed by atoms with Gasteiger partial charge in [0.25, 0.3) is 0 Å². The van der Waals surface area contributed by atoms with E-state index in [2.05, 4.69) is 6.07 Å². The topological polar surface area (TPSA) is 0 Å². The zero-order chi connectivity index (χ0) is 5.11. The fourth-order valence-electron chi connectivity index (χ4n) is 0.367. The molecule has 0 atom stereocenters. The first kappa shape index (κ1) is 8.03. The minimum atomic E-state index is 0. The third-order valence-corrected chi connectivity index (χ3v) is 0.930. The van der Waals surface area contributed by atoms with E-state index >= 15 is 0 Å². The average Bonchev–Trinajstić information content (AvgIpc) is 1.69. The van der Waals surface area contributed by atoms with Crippen LogP contribution in [-0.2, 0) is 17.1 Å². The molecule has 0 spiro atoms. The van der Waals surface area contributed by atoms with Gasteiger partial charge in [0.2, 0.25) is 0 Å². The number of hydrogen-bond acceptors (Lipinski definition) is 0. The Morgan fingerprint density at radius 2 is 1.75 bits per heavy atom. The van der Waals surface area contributed by atoms with E-state index in [9.17, 15) is 0 Å². The minimum Gasteiger partial charge on any atom is -0.184 e. The van der Waals surface area contributed by atoms with E-state index in [-0.39, 0.29) is 17.1 Å². The third kappa shape index (κ3) is 2.37. The summed E-state index contributed by atoms with van der Waals surface area (Å²) in [5, 5.41) is 0.763. The van der Waals surface area contributed by atoms with Gasteiger partial charge in [0, 0.05) is 0 Å². The van der Waals surface area contributed by atoms with Crippen molar-refractivity contribution in [1.29, 1.82) is 0 Å². The van der Waals surface area contributed by atoms with E-state index in [4.69, 9.17) is 11.6 Å². The van der Waals surface area contributed by atoms with E-state index in [0.717, 1.165) is 5.02 Å². The van der Waals surface area contributed by atoms with E-state index < -0.39 is 0 Å². The van der Waals surface area contributed by atoms with Crippen molar-refractivity contribution in [3.05, 3.63) is 35.4 Å². The Labute approximate surface area is 64.3 Å². The molecule has 0 saturated carbocycles. The molecule has 0 unspecified atom stereocenters. The second kappa shape index (κ2) is 3.96. The molecule has 2 heteroatoms. The van der Waals surface area contributed by atoms with Crippen molar-refractivity contribution >= 4 is 11.6 Å². The molecule has 8 heavy (non-hydrogen) atoms. The molecule has 46 valence electrons. The van der Waals surface area contributed by atoms with Crippen LogP contribution in [0.15, 0.2) is 24.3 Å². The molecule has 0 N–H and O–H groups in total. The molecule has 0 aromatic heterocycles. The summed E-state index contributed by atoms with van der Waals surface area (Å²) in [6.07, 6.45) is 0. The molecule has 0 radical (unpaired) electrons. The average molecular weight is 175 g/mol. The van der Waals surface area contributed by atoms with Crippen LogP contribution in [0, 0.1) is 6.07 Å². The first-order valence-corrected chi connectivity index (χ1v) is 2.39. The monoisotopic (exact) mass is 174 g/mol. The summed E-state index contributed by atoms with van der Waals surface area (Å²) in [6.45, 7) is 0. The zero-order valence-electron chi connectivity index (χ0n) is 3.99. The Bertz CT molecular complexity index is 138. The molecule has 0 aliphatic rings. The summed E-state index contributed by atoms with van der Waals surface area (Å²) in [6, 6.07) is 10.00. The summed E-state index contributed by atoms with van der Waals surface area (Å²) >= 11 is 5.52. The SMILES string of the molecule is Clc1cc[c-]cc1.[Cu+]. The summed E-state index contributed by atoms with van der Waals surface area (Å²) < 4.78 is 0. The van der Waals surface area contributed by atoms with Crippen LogP contribution in [0.5, 0.6) is 0 Å². The van der Waals surface area contributed by atoms with Crippen LogP contribution < -0.4 is 0 Å². The van der Waals surface area contributed by atoms with Crippen molar-refractivity contribution in [2.45, 2.75) is 0 Å². The smallest absolute Gasteiger partial charge is 0.184 e. The van der Waals surface area contributed by atoms with E-state index in [1.54, 1.807) is 24.3 Å². The summed E-state index contributed by atoms with van der Waals surface area (Å²) in [4.78, 5) is 0. The molecule has 0 saturated heterocycles. The predicted octanol–water partition coefficient (Wildman–Crippen LogP) is 2.14. The van der Waals surface area contributed by atoms with Crippen molar-refractivity contribution in [3.63, 3.8) is 0 Å². The molecule has 0 amide bonds. The Kier molecular flexibility index (Phi) is 3.98. The van der Waals surface area contributed by atoms with E-state index in [1.165, 1.54) is 0 Å². The summed E-state index contributed by atoms with van der Waals surface area (Å²) in [5.41, 5.74) is 0. The Morgan fingerprint density at radius 1 is 1.25 bits per heavy atom. The molecule has 0 nitrogen and oxygen atoms in total. The maximum Gasteiger partial charge on any atom is 1.00 e. The number of benzene rings is 1. The second-order valence-electron chi connectivity index (χ2n) is 1.22. The second-order valence-corrected chi connectivity index (χ2v) is 1.65. The van der Waals surface area contributed by atoms with Gasteiger partial charge in [-0.15, -0.1) is 11.6 Å². The summed E-state index contributed by atoms with van der Waals surface area (Å²) in [5.74, 6) is 0. The molecule has 0 fully saturated rings. The van der Waals surface area contributed by atoms with Crippen LogP contribution in [0.4, 0.5) is 0 Å². The molecule has 0 aliphatic heterocycles. The third-order valence-electron chi connectivity index (χ3n) is 0.678. The van der Waals surface area contributed by atoms with Gasteiger partial charge in [-0.05, 0) is 0 Å². The van der Waals surface area contributed by atoms with Gasteiger partial charge < -0.3 is 0 Å². The van der Waals surface area contributed by atoms with Gasteiger partial charge in [0.05, 0.1) is 0 Å². The summed E-state index contributed by atoms with van der Waals surface area (Å²) in [7, 11) is 0. The van der Waals surface area contributed by atoms with Crippen molar-refractivity contribution in [3.8, 4) is 0 Å². The van der Waals surface area contributed by atoms with Crippen LogP contribution in [0.1, 0.15) is 0 Å². The fraction of sp³-hybridized carbons (Fsp3) is 0. The first-order valence-electron chi connectivity index (χ1n) is 2.01. The number of halogens is 1. The largest absolute Gasteiger partial charge is 1.00 e. The molecule has 0 heterocycles. The molecule has 0 bridgehead atoms. The van der Waals surface area contributed by atoms with Crippen LogP contribution >= 0.6 is 11.6 Å². The molecular weight excluding hydrogens is 171 g/mol. The Morgan fingerprint density at radius 3 is 2.00 bits per heavy atom. The maximum atomic E-state index is 5.52. The van der Waals surface area contributed by atoms with Gasteiger partial charge in [0.15, 0.2) is 0 Å². The quantitative estimate of drug-likeness (QED) is 0.418. The molecule has 0 aliphatic carbocycles.